The Labute approximate surface area is 78.2 Å². The van der Waals surface area contributed by atoms with Crippen molar-refractivity contribution in [1.82, 2.24) is 5.43 Å². The molecule has 0 aliphatic heterocycles. The average molecular weight is 180 g/mol. The topological polar surface area (TPSA) is 47.3 Å². The number of hydrogen-bond donors (Lipinski definition) is 2. The molecule has 0 atom stereocenters. The van der Waals surface area contributed by atoms with E-state index >= 15 is 0 Å². The summed E-state index contributed by atoms with van der Waals surface area (Å²) in [5.74, 6) is 5.92. The van der Waals surface area contributed by atoms with Crippen LogP contribution < -0.4 is 16.0 Å². The molecule has 0 bridgehead atoms. The van der Waals surface area contributed by atoms with E-state index in [4.69, 9.17) is 10.6 Å². The van der Waals surface area contributed by atoms with Crippen LogP contribution in [0.3, 0.4) is 0 Å². The minimum absolute atomic E-state index is 0.917. The number of nitrogens with one attached hydrogen (secondary N) is 1. The first-order valence-corrected chi connectivity index (χ1v) is 4.45. The van der Waals surface area contributed by atoms with E-state index in [1.54, 1.807) is 7.11 Å². The molecule has 13 heavy (non-hydrogen) atoms. The van der Waals surface area contributed by atoms with Crippen molar-refractivity contribution in [2.24, 2.45) is 5.84 Å². The molecule has 72 valence electrons. The number of benzene rings is 1. The largest absolute Gasteiger partial charge is 0.496 e. The lowest BCUT2D eigenvalue weighted by Crippen LogP contribution is -2.21. The summed E-state index contributed by atoms with van der Waals surface area (Å²) in [4.78, 5) is 0. The molecule has 0 saturated heterocycles. The molecule has 2 aliphatic rings. The van der Waals surface area contributed by atoms with Gasteiger partial charge in [-0.3, -0.25) is 11.3 Å². The zero-order valence-electron chi connectivity index (χ0n) is 8.13. The summed E-state index contributed by atoms with van der Waals surface area (Å²) < 4.78 is 4.97. The van der Waals surface area contributed by atoms with Crippen LogP contribution in [0, 0.1) is 10.4 Å². The molecular weight excluding hydrogens is 164 g/mol. The van der Waals surface area contributed by atoms with Crippen molar-refractivity contribution in [3.63, 3.8) is 0 Å². The van der Waals surface area contributed by atoms with Gasteiger partial charge in [0.1, 0.15) is 5.75 Å². The van der Waals surface area contributed by atoms with Crippen LogP contribution >= 0.6 is 0 Å². The van der Waals surface area contributed by atoms with Gasteiger partial charge in [-0.15, -0.1) is 0 Å². The van der Waals surface area contributed by atoms with Crippen molar-refractivity contribution in [3.05, 3.63) is 28.6 Å². The van der Waals surface area contributed by atoms with Crippen molar-refractivity contribution >= 4 is 0 Å². The first kappa shape index (κ1) is 10.0. The van der Waals surface area contributed by atoms with Crippen LogP contribution in [0.25, 0.3) is 0 Å². The highest BCUT2D eigenvalue weighted by Crippen LogP contribution is 2.22. The maximum atomic E-state index is 4.97. The van der Waals surface area contributed by atoms with E-state index in [-0.39, 0.29) is 0 Å². The van der Waals surface area contributed by atoms with Crippen LogP contribution in [-0.4, -0.2) is 13.7 Å². The van der Waals surface area contributed by atoms with Crippen molar-refractivity contribution in [1.29, 1.82) is 0 Å². The molecular formula is C10H16N2O. The van der Waals surface area contributed by atoms with Gasteiger partial charge < -0.3 is 4.74 Å². The van der Waals surface area contributed by atoms with Gasteiger partial charge in [-0.25, -0.2) is 0 Å². The Morgan fingerprint density at radius 3 is 2.31 bits per heavy atom. The molecule has 2 aliphatic carbocycles. The monoisotopic (exact) mass is 180 g/mol. The molecule has 0 aromatic carbocycles. The van der Waals surface area contributed by atoms with Crippen molar-refractivity contribution in [3.8, 4) is 5.75 Å². The molecule has 2 rings (SSSR count). The van der Waals surface area contributed by atoms with Crippen molar-refractivity contribution in [2.45, 2.75) is 13.3 Å². The van der Waals surface area contributed by atoms with Gasteiger partial charge in [0.25, 0.3) is 0 Å². The Morgan fingerprint density at radius 1 is 1.46 bits per heavy atom. The van der Waals surface area contributed by atoms with E-state index < -0.39 is 0 Å². The van der Waals surface area contributed by atoms with Gasteiger partial charge >= 0.3 is 0 Å². The summed E-state index contributed by atoms with van der Waals surface area (Å²) in [7, 11) is 1.70. The maximum absolute atomic E-state index is 4.97. The molecule has 0 fully saturated rings. The summed E-state index contributed by atoms with van der Waals surface area (Å²) in [5, 5.41) is 2.62. The molecule has 0 spiro atoms. The molecule has 0 aromatic heterocycles. The quantitative estimate of drug-likeness (QED) is 0.550. The van der Waals surface area contributed by atoms with E-state index in [2.05, 4.69) is 24.5 Å². The standard InChI is InChI=1S/C7H6O.C3H10N2/c1-8-7-4-5-2-3-6(5)7;1-2-3-5-4/h2-4H,1H3;5H,2-4H2,1H3. The fourth-order valence-corrected chi connectivity index (χ4v) is 1.07. The summed E-state index contributed by atoms with van der Waals surface area (Å²) in [6, 6.07) is 6.18. The van der Waals surface area contributed by atoms with Crippen molar-refractivity contribution in [2.75, 3.05) is 13.7 Å². The van der Waals surface area contributed by atoms with Crippen LogP contribution in [0.5, 0.6) is 5.75 Å². The van der Waals surface area contributed by atoms with E-state index in [1.165, 1.54) is 10.4 Å². The summed E-state index contributed by atoms with van der Waals surface area (Å²) in [6.07, 6.45) is 1.11. The van der Waals surface area contributed by atoms with E-state index in [0.717, 1.165) is 18.7 Å². The molecule has 0 heterocycles. The van der Waals surface area contributed by atoms with Gasteiger partial charge in [-0.1, -0.05) is 19.1 Å². The van der Waals surface area contributed by atoms with Crippen LogP contribution in [0.15, 0.2) is 18.2 Å². The van der Waals surface area contributed by atoms with Crippen LogP contribution in [0.1, 0.15) is 13.3 Å². The minimum Gasteiger partial charge on any atom is -0.496 e. The molecule has 3 N–H and O–H groups in total. The third-order valence-electron chi connectivity index (χ3n) is 1.91. The predicted molar refractivity (Wildman–Crippen MR) is 53.1 cm³/mol. The average Bonchev–Trinajstić information content (AvgIpc) is 2.12. The van der Waals surface area contributed by atoms with Crippen molar-refractivity contribution < 1.29 is 4.74 Å². The molecule has 0 unspecified atom stereocenters. The first-order valence-electron chi connectivity index (χ1n) is 4.45. The second kappa shape index (κ2) is 4.84. The third kappa shape index (κ3) is 2.20. The Balaban J connectivity index is 0.000000149. The minimum atomic E-state index is 0.917. The SMILES string of the molecule is CCCNN.COc1cc2ccc1=2. The van der Waals surface area contributed by atoms with Gasteiger partial charge in [0, 0.05) is 11.8 Å². The second-order valence-electron chi connectivity index (χ2n) is 2.87. The van der Waals surface area contributed by atoms with Crippen LogP contribution in [0.2, 0.25) is 0 Å². The Morgan fingerprint density at radius 2 is 2.23 bits per heavy atom. The third-order valence-corrected chi connectivity index (χ3v) is 1.91. The number of rotatable bonds is 3. The summed E-state index contributed by atoms with van der Waals surface area (Å²) in [5.41, 5.74) is 2.52. The number of hydrazine groups is 1. The Bertz CT molecular complexity index is 346. The highest BCUT2D eigenvalue weighted by molar-refractivity contribution is 5.38. The number of ether oxygens (including phenoxy) is 1. The van der Waals surface area contributed by atoms with Gasteiger partial charge in [0.2, 0.25) is 0 Å². The smallest absolute Gasteiger partial charge is 0.127 e. The van der Waals surface area contributed by atoms with Gasteiger partial charge in [0.15, 0.2) is 0 Å². The fraction of sp³-hybridized carbons (Fsp3) is 0.400. The molecule has 3 heteroatoms. The molecule has 0 radical (unpaired) electrons. The molecule has 0 saturated carbocycles. The van der Waals surface area contributed by atoms with Gasteiger partial charge in [-0.2, -0.15) is 0 Å². The van der Waals surface area contributed by atoms with Crippen LogP contribution in [0.4, 0.5) is 0 Å². The fourth-order valence-electron chi connectivity index (χ4n) is 1.07. The lowest BCUT2D eigenvalue weighted by atomic mass is 10.1. The number of hydrogen-bond acceptors (Lipinski definition) is 3. The van der Waals surface area contributed by atoms with E-state index in [9.17, 15) is 0 Å². The van der Waals surface area contributed by atoms with Crippen LogP contribution in [-0.2, 0) is 0 Å². The number of nitrogens with two attached hydrogens (primary N) is 1. The zero-order valence-corrected chi connectivity index (χ0v) is 8.13. The van der Waals surface area contributed by atoms with Gasteiger partial charge in [0.05, 0.1) is 7.11 Å². The molecule has 0 amide bonds. The Hall–Kier alpha value is -1.06. The molecule has 3 nitrogen and oxygen atoms in total. The van der Waals surface area contributed by atoms with Gasteiger partial charge in [-0.05, 0) is 17.7 Å². The molecule has 0 aromatic rings. The first-order chi connectivity index (χ1) is 6.33. The lowest BCUT2D eigenvalue weighted by molar-refractivity contribution is 0.407. The summed E-state index contributed by atoms with van der Waals surface area (Å²) >= 11 is 0. The van der Waals surface area contributed by atoms with E-state index in [0.29, 0.717) is 0 Å². The highest BCUT2D eigenvalue weighted by atomic mass is 16.5. The maximum Gasteiger partial charge on any atom is 0.127 e. The predicted octanol–water partition coefficient (Wildman–Crippen LogP) is 1.16. The lowest BCUT2D eigenvalue weighted by Gasteiger charge is -2.08. The number of methoxy groups -OCH3 is 1. The second-order valence-corrected chi connectivity index (χ2v) is 2.87. The highest BCUT2D eigenvalue weighted by Gasteiger charge is 2.03. The Kier molecular flexibility index (Phi) is 3.73. The van der Waals surface area contributed by atoms with E-state index in [1.807, 2.05) is 6.07 Å². The normalized spacial score (nSPS) is 10.1. The summed E-state index contributed by atoms with van der Waals surface area (Å²) in [6.45, 7) is 2.99. The zero-order chi connectivity index (χ0) is 9.68.